The highest BCUT2D eigenvalue weighted by Crippen LogP contribution is 2.31. The van der Waals surface area contributed by atoms with Gasteiger partial charge in [-0.05, 0) is 54.9 Å². The van der Waals surface area contributed by atoms with Crippen LogP contribution in [0.25, 0.3) is 0 Å². The molecule has 0 heterocycles. The third-order valence-corrected chi connectivity index (χ3v) is 4.89. The number of carbonyl (C=O) groups excluding carboxylic acids is 1. The molecule has 0 saturated heterocycles. The van der Waals surface area contributed by atoms with Crippen LogP contribution in [0.3, 0.4) is 0 Å². The minimum atomic E-state index is -0.275. The number of halogens is 1. The van der Waals surface area contributed by atoms with Crippen LogP contribution in [0.15, 0.2) is 54.6 Å². The highest BCUT2D eigenvalue weighted by atomic mass is 19.1. The van der Waals surface area contributed by atoms with Gasteiger partial charge in [-0.2, -0.15) is 0 Å². The van der Waals surface area contributed by atoms with E-state index in [1.54, 1.807) is 6.07 Å². The molecule has 1 saturated carbocycles. The molecule has 1 amide bonds. The summed E-state index contributed by atoms with van der Waals surface area (Å²) in [4.78, 5) is 12.4. The van der Waals surface area contributed by atoms with Crippen LogP contribution in [0.5, 0.6) is 0 Å². The molecule has 0 spiro atoms. The maximum Gasteiger partial charge on any atom is 0.220 e. The van der Waals surface area contributed by atoms with Crippen LogP contribution in [0.1, 0.15) is 30.4 Å². The van der Waals surface area contributed by atoms with Crippen molar-refractivity contribution in [2.24, 2.45) is 5.92 Å². The highest BCUT2D eigenvalue weighted by molar-refractivity contribution is 5.76. The molecule has 25 heavy (non-hydrogen) atoms. The zero-order valence-electron chi connectivity index (χ0n) is 14.2. The van der Waals surface area contributed by atoms with E-state index in [9.17, 15) is 14.3 Å². The van der Waals surface area contributed by atoms with Gasteiger partial charge in [-0.3, -0.25) is 4.79 Å². The number of aryl methyl sites for hydroxylation is 1. The van der Waals surface area contributed by atoms with Crippen LogP contribution >= 0.6 is 0 Å². The normalized spacial score (nSPS) is 20.6. The molecule has 2 aromatic carbocycles. The average molecular weight is 341 g/mol. The molecule has 132 valence electrons. The number of carbonyl (C=O) groups is 1. The fourth-order valence-electron chi connectivity index (χ4n) is 3.39. The summed E-state index contributed by atoms with van der Waals surface area (Å²) in [6.07, 6.45) is 2.86. The van der Waals surface area contributed by atoms with E-state index in [0.717, 1.165) is 24.8 Å². The van der Waals surface area contributed by atoms with Gasteiger partial charge in [-0.1, -0.05) is 42.5 Å². The van der Waals surface area contributed by atoms with E-state index in [0.29, 0.717) is 18.8 Å². The standard InChI is InChI=1S/C21H24FNO2/c22-18-8-4-7-16(11-18)9-10-21(25)23-20(17-13-19(24)14-17)12-15-5-2-1-3-6-15/h1-8,11,17,19-20,24H,9-10,12-14H2,(H,23,25)/t17?,19?,20-/m1/s1. The van der Waals surface area contributed by atoms with Crippen molar-refractivity contribution in [1.82, 2.24) is 5.32 Å². The molecule has 1 atom stereocenters. The van der Waals surface area contributed by atoms with Gasteiger partial charge in [0.05, 0.1) is 6.10 Å². The SMILES string of the molecule is O=C(CCc1cccc(F)c1)N[C@H](Cc1ccccc1)C1CC(O)C1. The number of aliphatic hydroxyl groups is 1. The topological polar surface area (TPSA) is 49.3 Å². The van der Waals surface area contributed by atoms with E-state index in [-0.39, 0.29) is 23.9 Å². The van der Waals surface area contributed by atoms with E-state index >= 15 is 0 Å². The summed E-state index contributed by atoms with van der Waals surface area (Å²) in [5.74, 6) is 0.0169. The lowest BCUT2D eigenvalue weighted by atomic mass is 9.75. The monoisotopic (exact) mass is 341 g/mol. The minimum Gasteiger partial charge on any atom is -0.393 e. The second kappa shape index (κ2) is 8.26. The number of hydrogen-bond acceptors (Lipinski definition) is 2. The molecule has 2 aromatic rings. The zero-order chi connectivity index (χ0) is 17.6. The fourth-order valence-corrected chi connectivity index (χ4v) is 3.39. The van der Waals surface area contributed by atoms with Gasteiger partial charge >= 0.3 is 0 Å². The quantitative estimate of drug-likeness (QED) is 0.812. The molecule has 2 N–H and O–H groups in total. The maximum absolute atomic E-state index is 13.2. The average Bonchev–Trinajstić information content (AvgIpc) is 2.58. The number of amides is 1. The Bertz CT molecular complexity index is 698. The van der Waals surface area contributed by atoms with Crippen molar-refractivity contribution in [2.75, 3.05) is 0 Å². The zero-order valence-corrected chi connectivity index (χ0v) is 14.2. The first-order valence-corrected chi connectivity index (χ1v) is 8.86. The van der Waals surface area contributed by atoms with Crippen LogP contribution in [0, 0.1) is 11.7 Å². The predicted octanol–water partition coefficient (Wildman–Crippen LogP) is 3.26. The van der Waals surface area contributed by atoms with Crippen molar-refractivity contribution in [3.63, 3.8) is 0 Å². The van der Waals surface area contributed by atoms with Gasteiger partial charge in [0.1, 0.15) is 5.82 Å². The largest absolute Gasteiger partial charge is 0.393 e. The summed E-state index contributed by atoms with van der Waals surface area (Å²) < 4.78 is 13.2. The van der Waals surface area contributed by atoms with Gasteiger partial charge in [0.25, 0.3) is 0 Å². The maximum atomic E-state index is 13.2. The molecule has 0 unspecified atom stereocenters. The van der Waals surface area contributed by atoms with Crippen LogP contribution in [0.4, 0.5) is 4.39 Å². The molecule has 0 bridgehead atoms. The Labute approximate surface area is 147 Å². The van der Waals surface area contributed by atoms with Crippen LogP contribution in [-0.4, -0.2) is 23.2 Å². The van der Waals surface area contributed by atoms with Gasteiger partial charge in [0, 0.05) is 12.5 Å². The molecule has 0 aromatic heterocycles. The lowest BCUT2D eigenvalue weighted by Gasteiger charge is -2.38. The highest BCUT2D eigenvalue weighted by Gasteiger charge is 2.34. The first kappa shape index (κ1) is 17.6. The first-order valence-electron chi connectivity index (χ1n) is 8.86. The Kier molecular flexibility index (Phi) is 5.82. The Hall–Kier alpha value is -2.20. The van der Waals surface area contributed by atoms with Crippen molar-refractivity contribution < 1.29 is 14.3 Å². The summed E-state index contributed by atoms with van der Waals surface area (Å²) in [7, 11) is 0. The van der Waals surface area contributed by atoms with Gasteiger partial charge < -0.3 is 10.4 Å². The van der Waals surface area contributed by atoms with Crippen molar-refractivity contribution in [1.29, 1.82) is 0 Å². The van der Waals surface area contributed by atoms with E-state index in [1.807, 2.05) is 24.3 Å². The van der Waals surface area contributed by atoms with Gasteiger partial charge in [0.15, 0.2) is 0 Å². The number of rotatable bonds is 7. The van der Waals surface area contributed by atoms with Gasteiger partial charge in [-0.25, -0.2) is 4.39 Å². The number of benzene rings is 2. The minimum absolute atomic E-state index is 0.0217. The third-order valence-electron chi connectivity index (χ3n) is 4.89. The lowest BCUT2D eigenvalue weighted by molar-refractivity contribution is -0.122. The molecule has 4 heteroatoms. The Balaban J connectivity index is 1.56. The Morgan fingerprint density at radius 1 is 1.12 bits per heavy atom. The lowest BCUT2D eigenvalue weighted by Crippen LogP contribution is -2.48. The molecular weight excluding hydrogens is 317 g/mol. The van der Waals surface area contributed by atoms with E-state index < -0.39 is 0 Å². The Morgan fingerprint density at radius 3 is 2.52 bits per heavy atom. The molecule has 1 fully saturated rings. The van der Waals surface area contributed by atoms with Crippen molar-refractivity contribution in [3.8, 4) is 0 Å². The molecule has 3 nitrogen and oxygen atoms in total. The van der Waals surface area contributed by atoms with E-state index in [2.05, 4.69) is 17.4 Å². The summed E-state index contributed by atoms with van der Waals surface area (Å²) in [5, 5.41) is 12.7. The Morgan fingerprint density at radius 2 is 1.84 bits per heavy atom. The number of nitrogens with one attached hydrogen (secondary N) is 1. The van der Waals surface area contributed by atoms with Crippen molar-refractivity contribution >= 4 is 5.91 Å². The van der Waals surface area contributed by atoms with Crippen molar-refractivity contribution in [2.45, 2.75) is 44.2 Å². The van der Waals surface area contributed by atoms with Crippen LogP contribution in [0.2, 0.25) is 0 Å². The van der Waals surface area contributed by atoms with Crippen LogP contribution < -0.4 is 5.32 Å². The molecule has 0 aliphatic heterocycles. The number of hydrogen-bond donors (Lipinski definition) is 2. The molecule has 3 rings (SSSR count). The summed E-state index contributed by atoms with van der Waals surface area (Å²) in [5.41, 5.74) is 2.01. The fraction of sp³-hybridized carbons (Fsp3) is 0.381. The summed E-state index contributed by atoms with van der Waals surface area (Å²) >= 11 is 0. The second-order valence-electron chi connectivity index (χ2n) is 6.88. The number of aliphatic hydroxyl groups excluding tert-OH is 1. The smallest absolute Gasteiger partial charge is 0.220 e. The van der Waals surface area contributed by atoms with Gasteiger partial charge in [-0.15, -0.1) is 0 Å². The van der Waals surface area contributed by atoms with E-state index in [4.69, 9.17) is 0 Å². The summed E-state index contributed by atoms with van der Waals surface area (Å²) in [6, 6.07) is 16.5. The predicted molar refractivity (Wildman–Crippen MR) is 95.5 cm³/mol. The van der Waals surface area contributed by atoms with Crippen molar-refractivity contribution in [3.05, 3.63) is 71.5 Å². The van der Waals surface area contributed by atoms with E-state index in [1.165, 1.54) is 17.7 Å². The third kappa shape index (κ3) is 5.13. The molecule has 1 aliphatic rings. The second-order valence-corrected chi connectivity index (χ2v) is 6.88. The van der Waals surface area contributed by atoms with Gasteiger partial charge in [0.2, 0.25) is 5.91 Å². The summed E-state index contributed by atoms with van der Waals surface area (Å²) in [6.45, 7) is 0. The first-order chi connectivity index (χ1) is 12.1. The molecule has 0 radical (unpaired) electrons. The van der Waals surface area contributed by atoms with Crippen LogP contribution in [-0.2, 0) is 17.6 Å². The molecular formula is C21H24FNO2. The molecule has 1 aliphatic carbocycles.